The summed E-state index contributed by atoms with van der Waals surface area (Å²) < 4.78 is 7.84. The van der Waals surface area contributed by atoms with E-state index in [1.807, 2.05) is 0 Å². The van der Waals surface area contributed by atoms with Gasteiger partial charge in [-0.1, -0.05) is 168 Å². The number of hydrogen-bond donors (Lipinski definition) is 0. The fourth-order valence-electron chi connectivity index (χ4n) is 16.2. The van der Waals surface area contributed by atoms with Crippen LogP contribution in [0.4, 0.5) is 34.3 Å². The van der Waals surface area contributed by atoms with Crippen LogP contribution in [-0.2, 0) is 48.7 Å². The van der Waals surface area contributed by atoms with E-state index in [1.54, 1.807) is 0 Å². The molecule has 0 spiro atoms. The summed E-state index contributed by atoms with van der Waals surface area (Å²) >= 11 is 0. The third-order valence-corrected chi connectivity index (χ3v) is 22.2. The second-order valence-electron chi connectivity index (χ2n) is 32.5. The maximum Gasteiger partial charge on any atom is 0.257 e. The lowest BCUT2D eigenvalue weighted by atomic mass is 9.33. The van der Waals surface area contributed by atoms with Crippen molar-refractivity contribution < 1.29 is 4.42 Å². The molecule has 79 heavy (non-hydrogen) atoms. The highest BCUT2D eigenvalue weighted by atomic mass is 16.4. The molecule has 2 aliphatic heterocycles. The van der Waals surface area contributed by atoms with Crippen LogP contribution in [0.2, 0.25) is 0 Å². The van der Waals surface area contributed by atoms with Gasteiger partial charge in [0.1, 0.15) is 5.58 Å². The van der Waals surface area contributed by atoms with E-state index in [-0.39, 0.29) is 55.4 Å². The maximum absolute atomic E-state index is 7.84. The van der Waals surface area contributed by atoms with Gasteiger partial charge < -0.3 is 9.32 Å². The Labute approximate surface area is 476 Å². The van der Waals surface area contributed by atoms with Crippen LogP contribution in [-0.4, -0.2) is 6.71 Å². The van der Waals surface area contributed by atoms with Gasteiger partial charge in [-0.3, -0.25) is 4.90 Å². The van der Waals surface area contributed by atoms with Gasteiger partial charge in [-0.05, 0) is 239 Å². The molecule has 0 saturated heterocycles. The first kappa shape index (κ1) is 52.9. The van der Waals surface area contributed by atoms with Gasteiger partial charge in [0, 0.05) is 39.3 Å². The minimum absolute atomic E-state index is 0.0126. The highest BCUT2D eigenvalue weighted by molar-refractivity contribution is 7.01. The molecule has 4 heteroatoms. The first-order valence-corrected chi connectivity index (χ1v) is 30.6. The van der Waals surface area contributed by atoms with Crippen molar-refractivity contribution in [3.63, 3.8) is 0 Å². The fourth-order valence-corrected chi connectivity index (χ4v) is 16.2. The van der Waals surface area contributed by atoms with Crippen LogP contribution in [0.25, 0.3) is 22.1 Å². The van der Waals surface area contributed by atoms with Gasteiger partial charge >= 0.3 is 0 Å². The third-order valence-electron chi connectivity index (χ3n) is 22.2. The van der Waals surface area contributed by atoms with Crippen LogP contribution in [0.5, 0.6) is 0 Å². The maximum atomic E-state index is 7.84. The first-order valence-electron chi connectivity index (χ1n) is 30.6. The number of hydrogen-bond acceptors (Lipinski definition) is 3. The van der Waals surface area contributed by atoms with Gasteiger partial charge in [0.25, 0.3) is 6.71 Å². The molecule has 0 atom stereocenters. The topological polar surface area (TPSA) is 19.6 Å². The molecular formula is C75H91BN2O. The minimum atomic E-state index is -0.0899. The van der Waals surface area contributed by atoms with Crippen LogP contribution < -0.4 is 26.2 Å². The Morgan fingerprint density at radius 3 is 1.37 bits per heavy atom. The van der Waals surface area contributed by atoms with E-state index in [2.05, 4.69) is 239 Å². The van der Waals surface area contributed by atoms with Crippen molar-refractivity contribution >= 4 is 68.4 Å². The smallest absolute Gasteiger partial charge is 0.257 e. The molecule has 4 aliphatic carbocycles. The Morgan fingerprint density at radius 2 is 0.835 bits per heavy atom. The summed E-state index contributed by atoms with van der Waals surface area (Å²) in [6.07, 6.45) is 9.31. The monoisotopic (exact) mass is 1050 g/mol. The summed E-state index contributed by atoms with van der Waals surface area (Å²) in [6.45, 7) is 49.0. The summed E-state index contributed by atoms with van der Waals surface area (Å²) in [5.74, 6) is 0.970. The molecule has 410 valence electrons. The molecule has 0 fully saturated rings. The summed E-state index contributed by atoms with van der Waals surface area (Å²) in [6, 6.07) is 38.1. The molecule has 6 aromatic carbocycles. The normalized spacial score (nSPS) is 21.7. The molecule has 13 rings (SSSR count). The molecule has 7 aromatic rings. The zero-order valence-corrected chi connectivity index (χ0v) is 52.2. The number of furan rings is 1. The van der Waals surface area contributed by atoms with Crippen molar-refractivity contribution in [1.82, 2.24) is 0 Å². The van der Waals surface area contributed by atoms with E-state index < -0.39 is 0 Å². The molecule has 0 radical (unpaired) electrons. The summed E-state index contributed by atoms with van der Waals surface area (Å²) in [4.78, 5) is 5.32. The van der Waals surface area contributed by atoms with Crippen molar-refractivity contribution in [3.8, 4) is 11.1 Å². The van der Waals surface area contributed by atoms with E-state index in [9.17, 15) is 0 Å². The van der Waals surface area contributed by atoms with Crippen molar-refractivity contribution in [2.45, 2.75) is 239 Å². The molecule has 3 nitrogen and oxygen atoms in total. The van der Waals surface area contributed by atoms with Gasteiger partial charge in [0.05, 0.1) is 0 Å². The number of nitrogens with zero attached hydrogens (tertiary/aromatic N) is 2. The molecule has 0 N–H and O–H groups in total. The SMILES string of the molecule is Cc1cc2c(cc1-c1cc3c4c(c1)N(c1ccc5c(c1)C(C)(C)CCC5(C)C)c1oc5cc6c(cc5c1B4c1cc4c(cc1N3c1ccc(C(C)(C)C)cc1)C(C)(C)CCC4(C)C)C(C)(C)CCC6(C)C)C(C)(C)CCC2(C)C. The lowest BCUT2D eigenvalue weighted by Gasteiger charge is -2.47. The molecule has 1 aromatic heterocycles. The largest absolute Gasteiger partial charge is 0.440 e. The summed E-state index contributed by atoms with van der Waals surface area (Å²) in [5.41, 5.74) is 28.7. The molecule has 3 heterocycles. The Hall–Kier alpha value is -5.48. The van der Waals surface area contributed by atoms with E-state index >= 15 is 0 Å². The molecule has 0 saturated carbocycles. The van der Waals surface area contributed by atoms with Crippen molar-refractivity contribution in [1.29, 1.82) is 0 Å². The van der Waals surface area contributed by atoms with E-state index in [4.69, 9.17) is 4.42 Å². The molecule has 0 bridgehead atoms. The average Bonchev–Trinajstić information content (AvgIpc) is 2.25. The van der Waals surface area contributed by atoms with Gasteiger partial charge in [0.15, 0.2) is 0 Å². The van der Waals surface area contributed by atoms with Gasteiger partial charge in [-0.2, -0.15) is 0 Å². The summed E-state index contributed by atoms with van der Waals surface area (Å²) in [7, 11) is 0. The van der Waals surface area contributed by atoms with Gasteiger partial charge in [-0.15, -0.1) is 0 Å². The van der Waals surface area contributed by atoms with Crippen LogP contribution >= 0.6 is 0 Å². The third kappa shape index (κ3) is 7.77. The molecule has 0 unspecified atom stereocenters. The van der Waals surface area contributed by atoms with Crippen LogP contribution in [0.3, 0.4) is 0 Å². The zero-order valence-electron chi connectivity index (χ0n) is 52.2. The molecular weight excluding hydrogens is 956 g/mol. The summed E-state index contributed by atoms with van der Waals surface area (Å²) in [5, 5.41) is 1.26. The predicted molar refractivity (Wildman–Crippen MR) is 340 cm³/mol. The standard InChI is InChI=1S/C75H91BN2O/c1-44-35-52-54(71(11,12)30-29-69(52,7)8)39-49(44)45-36-61-65-62(37-45)78(48-25-26-51-53(38-48)70(9,10)28-27-68(51,5)6)66-64(50-40-55-58(43-63(50)79-66)75(19,20)34-31-72(55,13)14)76(65)59-41-56-57(74(17,18)33-32-73(56,15)16)42-60(59)77(61)47-23-21-46(22-24-47)67(2,3)4/h21-26,35-43H,27-34H2,1-20H3. The Balaban J connectivity index is 1.21. The average molecular weight is 1050 g/mol. The number of anilines is 6. The second kappa shape index (κ2) is 16.4. The number of aryl methyl sites for hydroxylation is 1. The Bertz CT molecular complexity index is 3740. The first-order chi connectivity index (χ1) is 36.6. The van der Waals surface area contributed by atoms with Crippen molar-refractivity contribution in [3.05, 3.63) is 147 Å². The zero-order chi connectivity index (χ0) is 56.5. The van der Waals surface area contributed by atoms with Crippen LogP contribution in [0.15, 0.2) is 95.4 Å². The van der Waals surface area contributed by atoms with Crippen molar-refractivity contribution in [2.75, 3.05) is 9.80 Å². The lowest BCUT2D eigenvalue weighted by molar-refractivity contribution is 0.332. The fraction of sp³-hybridized carbons (Fsp3) is 0.493. The Morgan fingerprint density at radius 1 is 0.405 bits per heavy atom. The highest BCUT2D eigenvalue weighted by Crippen LogP contribution is 2.56. The van der Waals surface area contributed by atoms with Crippen molar-refractivity contribution in [2.24, 2.45) is 0 Å². The predicted octanol–water partition coefficient (Wildman–Crippen LogP) is 19.2. The number of benzene rings is 6. The van der Waals surface area contributed by atoms with E-state index in [0.29, 0.717) is 0 Å². The second-order valence-corrected chi connectivity index (χ2v) is 32.5. The quantitative estimate of drug-likeness (QED) is 0.164. The number of fused-ring (bicyclic) bond motifs is 10. The van der Waals surface area contributed by atoms with Gasteiger partial charge in [-0.25, -0.2) is 0 Å². The molecule has 0 amide bonds. The lowest BCUT2D eigenvalue weighted by Crippen LogP contribution is -2.61. The van der Waals surface area contributed by atoms with Crippen LogP contribution in [0, 0.1) is 6.92 Å². The highest BCUT2D eigenvalue weighted by Gasteiger charge is 2.51. The van der Waals surface area contributed by atoms with Crippen LogP contribution in [0.1, 0.15) is 239 Å². The molecule has 6 aliphatic rings. The number of rotatable bonds is 3. The van der Waals surface area contributed by atoms with Gasteiger partial charge in [0.2, 0.25) is 5.88 Å². The van der Waals surface area contributed by atoms with E-state index in [0.717, 1.165) is 43.6 Å². The minimum Gasteiger partial charge on any atom is -0.440 e. The Kier molecular flexibility index (Phi) is 11.0. The van der Waals surface area contributed by atoms with E-state index in [1.165, 1.54) is 136 Å².